The normalized spacial score (nSPS) is 12.8. The standard InChI is InChI=1S/C22H28N4O2/c1-17(2)23-16-26-15-20(12-14-22(27)25-28)11-13-21(26)24-18(3)9-10-19-7-5-4-6-8-19/h4-8,11-15,18,23,28H,1,9-10,16H2,2-3H3,(H,25,27)/b14-12+,24-21?. The Kier molecular flexibility index (Phi) is 8.24. The summed E-state index contributed by atoms with van der Waals surface area (Å²) in [5, 5.41) is 11.8. The molecular formula is C22H28N4O2. The zero-order chi connectivity index (χ0) is 20.4. The third kappa shape index (κ3) is 7.25. The zero-order valence-electron chi connectivity index (χ0n) is 16.4. The van der Waals surface area contributed by atoms with Crippen molar-refractivity contribution >= 4 is 12.0 Å². The predicted octanol–water partition coefficient (Wildman–Crippen LogP) is 3.01. The molecule has 0 radical (unpaired) electrons. The Bertz CT molecular complexity index is 885. The fraction of sp³-hybridized carbons (Fsp3) is 0.273. The fourth-order valence-electron chi connectivity index (χ4n) is 2.64. The van der Waals surface area contributed by atoms with Crippen LogP contribution < -0.4 is 16.3 Å². The van der Waals surface area contributed by atoms with E-state index in [4.69, 9.17) is 10.2 Å². The van der Waals surface area contributed by atoms with Gasteiger partial charge in [-0.2, -0.15) is 0 Å². The summed E-state index contributed by atoms with van der Waals surface area (Å²) in [6.45, 7) is 8.40. The molecule has 6 nitrogen and oxygen atoms in total. The Morgan fingerprint density at radius 1 is 1.29 bits per heavy atom. The lowest BCUT2D eigenvalue weighted by atomic mass is 10.1. The molecule has 1 heterocycles. The van der Waals surface area contributed by atoms with Crippen molar-refractivity contribution in [3.05, 3.63) is 83.6 Å². The third-order valence-corrected chi connectivity index (χ3v) is 4.16. The summed E-state index contributed by atoms with van der Waals surface area (Å²) in [4.78, 5) is 16.0. The summed E-state index contributed by atoms with van der Waals surface area (Å²) < 4.78 is 1.98. The van der Waals surface area contributed by atoms with Crippen LogP contribution in [0.4, 0.5) is 0 Å². The van der Waals surface area contributed by atoms with Crippen LogP contribution in [0.15, 0.2) is 72.0 Å². The molecule has 2 aromatic rings. The summed E-state index contributed by atoms with van der Waals surface area (Å²) >= 11 is 0. The number of hydrogen-bond donors (Lipinski definition) is 3. The lowest BCUT2D eigenvalue weighted by Gasteiger charge is -2.13. The number of aryl methyl sites for hydroxylation is 1. The first-order chi connectivity index (χ1) is 13.5. The Hall–Kier alpha value is -3.12. The summed E-state index contributed by atoms with van der Waals surface area (Å²) in [6, 6.07) is 14.4. The Morgan fingerprint density at radius 3 is 2.71 bits per heavy atom. The molecule has 3 N–H and O–H groups in total. The first kappa shape index (κ1) is 21.2. The van der Waals surface area contributed by atoms with Gasteiger partial charge in [0.05, 0.1) is 6.67 Å². The number of carbonyl (C=O) groups excluding carboxylic acids is 1. The molecule has 0 aliphatic rings. The number of aromatic nitrogens is 1. The highest BCUT2D eigenvalue weighted by Gasteiger charge is 2.03. The van der Waals surface area contributed by atoms with E-state index in [9.17, 15) is 4.79 Å². The van der Waals surface area contributed by atoms with Crippen LogP contribution in [0.5, 0.6) is 0 Å². The van der Waals surface area contributed by atoms with Crippen LogP contribution >= 0.6 is 0 Å². The largest absolute Gasteiger partial charge is 0.371 e. The predicted molar refractivity (Wildman–Crippen MR) is 111 cm³/mol. The molecule has 1 aromatic heterocycles. The van der Waals surface area contributed by atoms with Gasteiger partial charge in [-0.3, -0.25) is 15.0 Å². The highest BCUT2D eigenvalue weighted by atomic mass is 16.5. The molecule has 1 atom stereocenters. The van der Waals surface area contributed by atoms with E-state index < -0.39 is 5.91 Å². The first-order valence-electron chi connectivity index (χ1n) is 9.27. The third-order valence-electron chi connectivity index (χ3n) is 4.16. The van der Waals surface area contributed by atoms with Gasteiger partial charge in [0.2, 0.25) is 0 Å². The monoisotopic (exact) mass is 380 g/mol. The molecule has 0 aliphatic heterocycles. The van der Waals surface area contributed by atoms with Gasteiger partial charge in [-0.25, -0.2) is 5.48 Å². The number of pyridine rings is 1. The molecule has 0 bridgehead atoms. The molecule has 0 saturated carbocycles. The number of nitrogens with zero attached hydrogens (tertiary/aromatic N) is 2. The maximum absolute atomic E-state index is 11.2. The first-order valence-corrected chi connectivity index (χ1v) is 9.27. The summed E-state index contributed by atoms with van der Waals surface area (Å²) in [5.74, 6) is -0.574. The van der Waals surface area contributed by atoms with Crippen LogP contribution in [-0.4, -0.2) is 21.7 Å². The Labute approximate surface area is 165 Å². The van der Waals surface area contributed by atoms with Gasteiger partial charge in [0.1, 0.15) is 5.49 Å². The van der Waals surface area contributed by atoms with Gasteiger partial charge in [-0.05, 0) is 56.0 Å². The molecule has 0 saturated heterocycles. The smallest absolute Gasteiger partial charge is 0.267 e. The lowest BCUT2D eigenvalue weighted by molar-refractivity contribution is -0.124. The number of carbonyl (C=O) groups is 1. The second-order valence-corrected chi connectivity index (χ2v) is 6.72. The van der Waals surface area contributed by atoms with E-state index in [-0.39, 0.29) is 6.04 Å². The Morgan fingerprint density at radius 2 is 2.04 bits per heavy atom. The summed E-state index contributed by atoms with van der Waals surface area (Å²) in [5.41, 5.74) is 5.41. The van der Waals surface area contributed by atoms with Crippen molar-refractivity contribution in [3.8, 4) is 0 Å². The minimum atomic E-state index is -0.574. The van der Waals surface area contributed by atoms with Gasteiger partial charge in [0, 0.05) is 24.0 Å². The fourth-order valence-corrected chi connectivity index (χ4v) is 2.64. The van der Waals surface area contributed by atoms with Crippen molar-refractivity contribution in [3.63, 3.8) is 0 Å². The van der Waals surface area contributed by atoms with E-state index >= 15 is 0 Å². The van der Waals surface area contributed by atoms with Gasteiger partial charge < -0.3 is 9.88 Å². The number of benzene rings is 1. The molecule has 28 heavy (non-hydrogen) atoms. The molecule has 6 heteroatoms. The molecule has 1 aromatic carbocycles. The Balaban J connectivity index is 2.19. The maximum atomic E-state index is 11.2. The molecule has 0 aliphatic carbocycles. The van der Waals surface area contributed by atoms with E-state index in [0.29, 0.717) is 6.67 Å². The van der Waals surface area contributed by atoms with E-state index in [1.54, 1.807) is 11.6 Å². The second kappa shape index (κ2) is 10.9. The van der Waals surface area contributed by atoms with Crippen molar-refractivity contribution in [1.82, 2.24) is 15.4 Å². The maximum Gasteiger partial charge on any atom is 0.267 e. The average Bonchev–Trinajstić information content (AvgIpc) is 2.70. The van der Waals surface area contributed by atoms with Crippen molar-refractivity contribution in [2.75, 3.05) is 0 Å². The quantitative estimate of drug-likeness (QED) is 0.355. The topological polar surface area (TPSA) is 78.7 Å². The van der Waals surface area contributed by atoms with Gasteiger partial charge >= 0.3 is 0 Å². The molecular weight excluding hydrogens is 352 g/mol. The van der Waals surface area contributed by atoms with Crippen LogP contribution in [0.3, 0.4) is 0 Å². The number of hydrogen-bond acceptors (Lipinski definition) is 4. The minimum absolute atomic E-state index is 0.165. The number of allylic oxidation sites excluding steroid dienone is 1. The lowest BCUT2D eigenvalue weighted by Crippen LogP contribution is -2.28. The molecule has 0 spiro atoms. The van der Waals surface area contributed by atoms with Gasteiger partial charge in [0.25, 0.3) is 5.91 Å². The number of rotatable bonds is 9. The van der Waals surface area contributed by atoms with Crippen molar-refractivity contribution in [1.29, 1.82) is 0 Å². The highest BCUT2D eigenvalue weighted by molar-refractivity contribution is 5.90. The number of nitrogens with one attached hydrogen (secondary N) is 2. The van der Waals surface area contributed by atoms with Crippen molar-refractivity contribution in [2.45, 2.75) is 39.4 Å². The van der Waals surface area contributed by atoms with E-state index in [1.807, 2.05) is 35.9 Å². The molecule has 148 valence electrons. The van der Waals surface area contributed by atoms with E-state index in [1.165, 1.54) is 11.6 Å². The molecule has 2 rings (SSSR count). The molecule has 1 amide bonds. The van der Waals surface area contributed by atoms with Gasteiger partial charge in [0.15, 0.2) is 0 Å². The van der Waals surface area contributed by atoms with Crippen LogP contribution in [-0.2, 0) is 17.9 Å². The average molecular weight is 380 g/mol. The van der Waals surface area contributed by atoms with Crippen LogP contribution in [0.2, 0.25) is 0 Å². The van der Waals surface area contributed by atoms with Gasteiger partial charge in [-0.15, -0.1) is 0 Å². The number of amides is 1. The zero-order valence-corrected chi connectivity index (χ0v) is 16.4. The molecule has 0 fully saturated rings. The SMILES string of the molecule is C=C(C)NCn1cc(/C=C/C(=O)NO)ccc1=NC(C)CCc1ccccc1. The van der Waals surface area contributed by atoms with Crippen LogP contribution in [0.1, 0.15) is 31.4 Å². The molecule has 1 unspecified atom stereocenters. The summed E-state index contributed by atoms with van der Waals surface area (Å²) in [6.07, 6.45) is 6.74. The number of hydroxylamine groups is 1. The van der Waals surface area contributed by atoms with E-state index in [0.717, 1.165) is 29.6 Å². The van der Waals surface area contributed by atoms with Crippen LogP contribution in [0, 0.1) is 0 Å². The highest BCUT2D eigenvalue weighted by Crippen LogP contribution is 2.07. The minimum Gasteiger partial charge on any atom is -0.371 e. The van der Waals surface area contributed by atoms with Crippen molar-refractivity contribution in [2.24, 2.45) is 4.99 Å². The van der Waals surface area contributed by atoms with E-state index in [2.05, 4.69) is 43.1 Å². The van der Waals surface area contributed by atoms with Crippen molar-refractivity contribution < 1.29 is 10.0 Å². The van der Waals surface area contributed by atoms with Crippen LogP contribution in [0.25, 0.3) is 6.08 Å². The van der Waals surface area contributed by atoms with Gasteiger partial charge in [-0.1, -0.05) is 36.9 Å². The summed E-state index contributed by atoms with van der Waals surface area (Å²) in [7, 11) is 0. The second-order valence-electron chi connectivity index (χ2n) is 6.72.